The molecule has 0 saturated heterocycles. The largest absolute Gasteiger partial charge is 0.481 e. The van der Waals surface area contributed by atoms with E-state index in [9.17, 15) is 9.59 Å². The van der Waals surface area contributed by atoms with Crippen LogP contribution in [0.5, 0.6) is 0 Å². The number of carbonyl (C=O) groups excluding carboxylic acids is 1. The monoisotopic (exact) mass is 328 g/mol. The standard InChI is InChI=1S/C18H20N2O4/c1-18(2)12(9-15(21)22)8-14(18)20-16(23)13-10-19-17(24-13)11-6-4-3-5-7-11/h3-7,10,12,14H,8-9H2,1-2H3,(H,20,23)(H,21,22). The first-order valence-electron chi connectivity index (χ1n) is 7.92. The summed E-state index contributed by atoms with van der Waals surface area (Å²) in [5.74, 6) is -0.504. The number of oxazole rings is 1. The molecule has 2 unspecified atom stereocenters. The van der Waals surface area contributed by atoms with Crippen molar-refractivity contribution in [1.29, 1.82) is 0 Å². The molecule has 1 aliphatic carbocycles. The van der Waals surface area contributed by atoms with E-state index in [-0.39, 0.29) is 35.5 Å². The van der Waals surface area contributed by atoms with Crippen LogP contribution in [0.4, 0.5) is 0 Å². The number of carboxylic acids is 1. The Bertz CT molecular complexity index is 751. The van der Waals surface area contributed by atoms with Crippen molar-refractivity contribution in [2.45, 2.75) is 32.7 Å². The number of carboxylic acid groups (broad SMARTS) is 1. The predicted octanol–water partition coefficient (Wildman–Crippen LogP) is 2.96. The number of nitrogens with one attached hydrogen (secondary N) is 1. The van der Waals surface area contributed by atoms with Crippen LogP contribution in [-0.2, 0) is 4.79 Å². The summed E-state index contributed by atoms with van der Waals surface area (Å²) < 4.78 is 5.54. The third-order valence-corrected chi connectivity index (χ3v) is 4.95. The molecule has 2 atom stereocenters. The van der Waals surface area contributed by atoms with Crippen LogP contribution in [0.2, 0.25) is 0 Å². The van der Waals surface area contributed by atoms with Crippen molar-refractivity contribution >= 4 is 11.9 Å². The maximum atomic E-state index is 12.3. The molecule has 1 saturated carbocycles. The van der Waals surface area contributed by atoms with Gasteiger partial charge in [-0.3, -0.25) is 9.59 Å². The minimum atomic E-state index is -0.805. The molecule has 2 aromatic rings. The number of hydrogen-bond acceptors (Lipinski definition) is 4. The molecule has 1 heterocycles. The zero-order chi connectivity index (χ0) is 17.3. The number of benzene rings is 1. The average molecular weight is 328 g/mol. The molecular formula is C18H20N2O4. The number of rotatable bonds is 5. The van der Waals surface area contributed by atoms with Gasteiger partial charge in [0.25, 0.3) is 5.91 Å². The van der Waals surface area contributed by atoms with Crippen molar-refractivity contribution in [3.05, 3.63) is 42.3 Å². The Morgan fingerprint density at radius 2 is 2.04 bits per heavy atom. The fourth-order valence-electron chi connectivity index (χ4n) is 3.14. The van der Waals surface area contributed by atoms with Crippen LogP contribution in [0, 0.1) is 11.3 Å². The predicted molar refractivity (Wildman–Crippen MR) is 87.3 cm³/mol. The molecule has 3 rings (SSSR count). The zero-order valence-electron chi connectivity index (χ0n) is 13.7. The molecule has 0 bridgehead atoms. The molecule has 1 fully saturated rings. The first kappa shape index (κ1) is 16.2. The Kier molecular flexibility index (Phi) is 4.13. The summed E-state index contributed by atoms with van der Waals surface area (Å²) >= 11 is 0. The summed E-state index contributed by atoms with van der Waals surface area (Å²) in [7, 11) is 0. The van der Waals surface area contributed by atoms with E-state index in [4.69, 9.17) is 9.52 Å². The van der Waals surface area contributed by atoms with Crippen molar-refractivity contribution in [2.24, 2.45) is 11.3 Å². The lowest BCUT2D eigenvalue weighted by Crippen LogP contribution is -2.58. The van der Waals surface area contributed by atoms with Crippen LogP contribution >= 0.6 is 0 Å². The molecule has 1 amide bonds. The van der Waals surface area contributed by atoms with Gasteiger partial charge < -0.3 is 14.8 Å². The minimum absolute atomic E-state index is 0.0647. The lowest BCUT2D eigenvalue weighted by Gasteiger charge is -2.51. The summed E-state index contributed by atoms with van der Waals surface area (Å²) in [6.07, 6.45) is 2.20. The molecule has 1 aromatic heterocycles. The van der Waals surface area contributed by atoms with E-state index in [1.54, 1.807) is 0 Å². The van der Waals surface area contributed by atoms with Gasteiger partial charge in [0.05, 0.1) is 6.20 Å². The van der Waals surface area contributed by atoms with Gasteiger partial charge in [-0.15, -0.1) is 0 Å². The summed E-state index contributed by atoms with van der Waals surface area (Å²) in [5.41, 5.74) is 0.554. The molecule has 24 heavy (non-hydrogen) atoms. The summed E-state index contributed by atoms with van der Waals surface area (Å²) in [6.45, 7) is 3.95. The number of hydrogen-bond donors (Lipinski definition) is 2. The second-order valence-electron chi connectivity index (χ2n) is 6.77. The van der Waals surface area contributed by atoms with Gasteiger partial charge in [-0.1, -0.05) is 32.0 Å². The van der Waals surface area contributed by atoms with Gasteiger partial charge in [-0.2, -0.15) is 0 Å². The highest BCUT2D eigenvalue weighted by molar-refractivity contribution is 5.91. The van der Waals surface area contributed by atoms with Crippen LogP contribution in [0.15, 0.2) is 40.9 Å². The van der Waals surface area contributed by atoms with Gasteiger partial charge in [-0.05, 0) is 29.9 Å². The second-order valence-corrected chi connectivity index (χ2v) is 6.77. The van der Waals surface area contributed by atoms with E-state index in [1.165, 1.54) is 6.20 Å². The molecule has 6 heteroatoms. The number of nitrogens with zero attached hydrogens (tertiary/aromatic N) is 1. The summed E-state index contributed by atoms with van der Waals surface area (Å²) in [4.78, 5) is 27.4. The Labute approximate surface area is 139 Å². The Morgan fingerprint density at radius 1 is 1.33 bits per heavy atom. The summed E-state index contributed by atoms with van der Waals surface area (Å²) in [5, 5.41) is 11.9. The highest BCUT2D eigenvalue weighted by atomic mass is 16.4. The fourth-order valence-corrected chi connectivity index (χ4v) is 3.14. The van der Waals surface area contributed by atoms with Gasteiger partial charge in [0.2, 0.25) is 11.7 Å². The van der Waals surface area contributed by atoms with Crippen LogP contribution in [0.3, 0.4) is 0 Å². The van der Waals surface area contributed by atoms with Crippen molar-refractivity contribution in [3.63, 3.8) is 0 Å². The highest BCUT2D eigenvalue weighted by Gasteiger charge is 2.49. The second kappa shape index (κ2) is 6.11. The first-order valence-corrected chi connectivity index (χ1v) is 7.92. The molecular weight excluding hydrogens is 308 g/mol. The quantitative estimate of drug-likeness (QED) is 0.880. The van der Waals surface area contributed by atoms with Gasteiger partial charge in [-0.25, -0.2) is 4.98 Å². The van der Waals surface area contributed by atoms with Gasteiger partial charge in [0.1, 0.15) is 0 Å². The van der Waals surface area contributed by atoms with E-state index < -0.39 is 5.97 Å². The lowest BCUT2D eigenvalue weighted by atomic mass is 9.57. The van der Waals surface area contributed by atoms with Crippen LogP contribution < -0.4 is 5.32 Å². The van der Waals surface area contributed by atoms with Gasteiger partial charge in [0, 0.05) is 18.0 Å². The molecule has 0 aliphatic heterocycles. The van der Waals surface area contributed by atoms with E-state index in [1.807, 2.05) is 44.2 Å². The molecule has 1 aromatic carbocycles. The molecule has 0 radical (unpaired) electrons. The van der Waals surface area contributed by atoms with Crippen molar-refractivity contribution in [2.75, 3.05) is 0 Å². The average Bonchev–Trinajstić information content (AvgIpc) is 3.04. The smallest absolute Gasteiger partial charge is 0.303 e. The first-order chi connectivity index (χ1) is 11.4. The molecule has 6 nitrogen and oxygen atoms in total. The van der Waals surface area contributed by atoms with Crippen LogP contribution in [-0.4, -0.2) is 28.0 Å². The number of carbonyl (C=O) groups is 2. The van der Waals surface area contributed by atoms with Crippen LogP contribution in [0.1, 0.15) is 37.2 Å². The lowest BCUT2D eigenvalue weighted by molar-refractivity contribution is -0.141. The molecule has 2 N–H and O–H groups in total. The van der Waals surface area contributed by atoms with E-state index in [2.05, 4.69) is 10.3 Å². The maximum absolute atomic E-state index is 12.3. The zero-order valence-corrected chi connectivity index (χ0v) is 13.7. The van der Waals surface area contributed by atoms with Crippen molar-refractivity contribution in [1.82, 2.24) is 10.3 Å². The molecule has 126 valence electrons. The fraction of sp³-hybridized carbons (Fsp3) is 0.389. The third-order valence-electron chi connectivity index (χ3n) is 4.95. The topological polar surface area (TPSA) is 92.4 Å². The molecule has 1 aliphatic rings. The minimum Gasteiger partial charge on any atom is -0.481 e. The van der Waals surface area contributed by atoms with Crippen molar-refractivity contribution < 1.29 is 19.1 Å². The van der Waals surface area contributed by atoms with Gasteiger partial charge >= 0.3 is 5.97 Å². The maximum Gasteiger partial charge on any atom is 0.303 e. The Hall–Kier alpha value is -2.63. The van der Waals surface area contributed by atoms with E-state index in [0.29, 0.717) is 12.3 Å². The molecule has 0 spiro atoms. The van der Waals surface area contributed by atoms with E-state index >= 15 is 0 Å². The number of aliphatic carboxylic acids is 1. The summed E-state index contributed by atoms with van der Waals surface area (Å²) in [6, 6.07) is 9.29. The highest BCUT2D eigenvalue weighted by Crippen LogP contribution is 2.48. The van der Waals surface area contributed by atoms with Gasteiger partial charge in [0.15, 0.2) is 0 Å². The number of amides is 1. The van der Waals surface area contributed by atoms with E-state index in [0.717, 1.165) is 5.56 Å². The number of aromatic nitrogens is 1. The Morgan fingerprint density at radius 3 is 2.67 bits per heavy atom. The SMILES string of the molecule is CC1(C)C(CC(=O)O)CC1NC(=O)c1cnc(-c2ccccc2)o1. The van der Waals surface area contributed by atoms with Crippen molar-refractivity contribution in [3.8, 4) is 11.5 Å². The third kappa shape index (κ3) is 3.04. The van der Waals surface area contributed by atoms with Crippen LogP contribution in [0.25, 0.3) is 11.5 Å². The normalized spacial score (nSPS) is 21.8. The Balaban J connectivity index is 1.64.